The van der Waals surface area contributed by atoms with Crippen LogP contribution in [0.3, 0.4) is 0 Å². The number of anilines is 1. The first-order valence-electron chi connectivity index (χ1n) is 12.0. The number of carbonyl (C=O) groups excluding carboxylic acids is 1. The second-order valence-corrected chi connectivity index (χ2v) is 10.6. The van der Waals surface area contributed by atoms with E-state index < -0.39 is 10.0 Å². The summed E-state index contributed by atoms with van der Waals surface area (Å²) in [5.41, 5.74) is 3.04. The van der Waals surface area contributed by atoms with Crippen molar-refractivity contribution in [2.45, 2.75) is 39.8 Å². The fourth-order valence-corrected chi connectivity index (χ4v) is 4.44. The van der Waals surface area contributed by atoms with Crippen LogP contribution in [0.2, 0.25) is 0 Å². The molecule has 36 heavy (non-hydrogen) atoms. The number of carbonyl (C=O) groups is 1. The lowest BCUT2D eigenvalue weighted by Crippen LogP contribution is -2.29. The van der Waals surface area contributed by atoms with Gasteiger partial charge in [0.25, 0.3) is 5.91 Å². The second-order valence-electron chi connectivity index (χ2n) is 8.73. The molecule has 3 rings (SSSR count). The van der Waals surface area contributed by atoms with Gasteiger partial charge in [0, 0.05) is 5.56 Å². The number of amides is 1. The molecule has 8 heteroatoms. The highest BCUT2D eigenvalue weighted by Crippen LogP contribution is 2.24. The van der Waals surface area contributed by atoms with E-state index in [0.29, 0.717) is 30.2 Å². The molecule has 1 amide bonds. The van der Waals surface area contributed by atoms with Crippen LogP contribution in [0.25, 0.3) is 0 Å². The minimum absolute atomic E-state index is 0.0306. The van der Waals surface area contributed by atoms with Crippen molar-refractivity contribution in [3.05, 3.63) is 89.5 Å². The van der Waals surface area contributed by atoms with Crippen LogP contribution >= 0.6 is 0 Å². The Morgan fingerprint density at radius 1 is 0.889 bits per heavy atom. The van der Waals surface area contributed by atoms with Crippen molar-refractivity contribution in [2.75, 3.05) is 23.7 Å². The first-order valence-corrected chi connectivity index (χ1v) is 13.8. The summed E-state index contributed by atoms with van der Waals surface area (Å²) in [7, 11) is -3.52. The first-order chi connectivity index (χ1) is 17.2. The number of ether oxygens (including phenoxy) is 2. The van der Waals surface area contributed by atoms with Gasteiger partial charge in [0.05, 0.1) is 31.1 Å². The molecular formula is C28H34N2O5S. The second kappa shape index (κ2) is 12.4. The van der Waals surface area contributed by atoms with Crippen LogP contribution in [-0.2, 0) is 23.0 Å². The molecule has 7 nitrogen and oxygen atoms in total. The van der Waals surface area contributed by atoms with Crippen molar-refractivity contribution in [3.63, 3.8) is 0 Å². The van der Waals surface area contributed by atoms with E-state index in [2.05, 4.69) is 12.2 Å². The molecule has 3 aromatic rings. The molecule has 0 aromatic heterocycles. The highest BCUT2D eigenvalue weighted by Gasteiger charge is 2.18. The summed E-state index contributed by atoms with van der Waals surface area (Å²) >= 11 is 0. The van der Waals surface area contributed by atoms with Gasteiger partial charge in [-0.2, -0.15) is 0 Å². The van der Waals surface area contributed by atoms with Crippen LogP contribution in [0, 0.1) is 0 Å². The van der Waals surface area contributed by atoms with Crippen molar-refractivity contribution in [2.24, 2.45) is 0 Å². The van der Waals surface area contributed by atoms with Gasteiger partial charge in [0.15, 0.2) is 0 Å². The van der Waals surface area contributed by atoms with Crippen LogP contribution in [-0.4, -0.2) is 39.8 Å². The molecular weight excluding hydrogens is 476 g/mol. The third kappa shape index (κ3) is 8.02. The number of aryl methyl sites for hydroxylation is 1. The van der Waals surface area contributed by atoms with Crippen LogP contribution < -0.4 is 19.1 Å². The number of hydrogen-bond donors (Lipinski definition) is 1. The standard InChI is InChI=1S/C28H34N2O5S/c1-5-22-8-14-26(15-9-22)34-19-18-29-28(31)24-10-6-23(7-11-24)20-30(36(4,32)33)25-12-16-27(17-13-25)35-21(2)3/h6-17,21H,5,18-20H2,1-4H3,(H,29,31). The normalized spacial score (nSPS) is 11.2. The molecule has 0 radical (unpaired) electrons. The van der Waals surface area contributed by atoms with Crippen molar-refractivity contribution < 1.29 is 22.7 Å². The summed E-state index contributed by atoms with van der Waals surface area (Å²) in [6.07, 6.45) is 2.18. The maximum absolute atomic E-state index is 12.5. The van der Waals surface area contributed by atoms with Gasteiger partial charge >= 0.3 is 0 Å². The lowest BCUT2D eigenvalue weighted by atomic mass is 10.1. The third-order valence-corrected chi connectivity index (χ3v) is 6.57. The maximum atomic E-state index is 12.5. The molecule has 3 aromatic carbocycles. The molecule has 0 saturated heterocycles. The van der Waals surface area contributed by atoms with Gasteiger partial charge in [-0.15, -0.1) is 0 Å². The van der Waals surface area contributed by atoms with E-state index in [1.807, 2.05) is 38.1 Å². The van der Waals surface area contributed by atoms with Gasteiger partial charge in [-0.25, -0.2) is 8.42 Å². The van der Waals surface area contributed by atoms with E-state index in [4.69, 9.17) is 9.47 Å². The molecule has 0 aliphatic heterocycles. The molecule has 0 heterocycles. The Hall–Kier alpha value is -3.52. The summed E-state index contributed by atoms with van der Waals surface area (Å²) in [6, 6.07) is 21.7. The van der Waals surface area contributed by atoms with Gasteiger partial charge in [0.1, 0.15) is 18.1 Å². The fraction of sp³-hybridized carbons (Fsp3) is 0.321. The summed E-state index contributed by atoms with van der Waals surface area (Å²) in [5, 5.41) is 2.84. The van der Waals surface area contributed by atoms with Crippen LogP contribution in [0.1, 0.15) is 42.3 Å². The Bertz CT molecular complexity index is 1220. The summed E-state index contributed by atoms with van der Waals surface area (Å²) in [6.45, 7) is 6.84. The first kappa shape index (κ1) is 27.1. The molecule has 0 aliphatic carbocycles. The van der Waals surface area contributed by atoms with Gasteiger partial charge < -0.3 is 14.8 Å². The van der Waals surface area contributed by atoms with E-state index >= 15 is 0 Å². The molecule has 0 atom stereocenters. The topological polar surface area (TPSA) is 84.9 Å². The van der Waals surface area contributed by atoms with Crippen molar-refractivity contribution in [3.8, 4) is 11.5 Å². The maximum Gasteiger partial charge on any atom is 0.251 e. The summed E-state index contributed by atoms with van der Waals surface area (Å²) in [4.78, 5) is 12.5. The molecule has 0 aliphatic rings. The molecule has 1 N–H and O–H groups in total. The highest BCUT2D eigenvalue weighted by molar-refractivity contribution is 7.92. The zero-order chi connectivity index (χ0) is 26.1. The minimum Gasteiger partial charge on any atom is -0.492 e. The smallest absolute Gasteiger partial charge is 0.251 e. The minimum atomic E-state index is -3.52. The molecule has 0 saturated carbocycles. The van der Waals surface area contributed by atoms with Crippen LogP contribution in [0.15, 0.2) is 72.8 Å². The van der Waals surface area contributed by atoms with Gasteiger partial charge in [-0.3, -0.25) is 9.10 Å². The Kier molecular flexibility index (Phi) is 9.36. The number of benzene rings is 3. The average molecular weight is 511 g/mol. The SMILES string of the molecule is CCc1ccc(OCCNC(=O)c2ccc(CN(c3ccc(OC(C)C)cc3)S(C)(=O)=O)cc2)cc1. The predicted octanol–water partition coefficient (Wildman–Crippen LogP) is 4.81. The molecule has 0 unspecified atom stereocenters. The van der Waals surface area contributed by atoms with E-state index in [1.54, 1.807) is 48.5 Å². The Labute approximate surface area is 214 Å². The van der Waals surface area contributed by atoms with Gasteiger partial charge in [-0.05, 0) is 79.9 Å². The van der Waals surface area contributed by atoms with E-state index in [9.17, 15) is 13.2 Å². The van der Waals surface area contributed by atoms with Crippen LogP contribution in [0.5, 0.6) is 11.5 Å². The molecule has 0 spiro atoms. The molecule has 0 fully saturated rings. The Morgan fingerprint density at radius 3 is 2.03 bits per heavy atom. The lowest BCUT2D eigenvalue weighted by Gasteiger charge is -2.23. The predicted molar refractivity (Wildman–Crippen MR) is 143 cm³/mol. The zero-order valence-corrected chi connectivity index (χ0v) is 22.0. The van der Waals surface area contributed by atoms with Crippen molar-refractivity contribution in [1.29, 1.82) is 0 Å². The monoisotopic (exact) mass is 510 g/mol. The van der Waals surface area contributed by atoms with E-state index in [-0.39, 0.29) is 18.6 Å². The summed E-state index contributed by atoms with van der Waals surface area (Å²) < 4.78 is 37.6. The largest absolute Gasteiger partial charge is 0.492 e. The molecule has 192 valence electrons. The third-order valence-electron chi connectivity index (χ3n) is 5.43. The zero-order valence-electron chi connectivity index (χ0n) is 21.2. The quantitative estimate of drug-likeness (QED) is 0.354. The average Bonchev–Trinajstić information content (AvgIpc) is 2.85. The number of sulfonamides is 1. The number of rotatable bonds is 12. The van der Waals surface area contributed by atoms with E-state index in [0.717, 1.165) is 17.7 Å². The van der Waals surface area contributed by atoms with Gasteiger partial charge in [0.2, 0.25) is 10.0 Å². The Balaban J connectivity index is 1.56. The fourth-order valence-electron chi connectivity index (χ4n) is 3.55. The van der Waals surface area contributed by atoms with Crippen molar-refractivity contribution >= 4 is 21.6 Å². The Morgan fingerprint density at radius 2 is 1.47 bits per heavy atom. The lowest BCUT2D eigenvalue weighted by molar-refractivity contribution is 0.0947. The van der Waals surface area contributed by atoms with E-state index in [1.165, 1.54) is 16.1 Å². The number of nitrogens with one attached hydrogen (secondary N) is 1. The number of hydrogen-bond acceptors (Lipinski definition) is 5. The van der Waals surface area contributed by atoms with Gasteiger partial charge in [-0.1, -0.05) is 31.2 Å². The van der Waals surface area contributed by atoms with Crippen molar-refractivity contribution in [1.82, 2.24) is 5.32 Å². The number of nitrogens with zero attached hydrogens (tertiary/aromatic N) is 1. The summed E-state index contributed by atoms with van der Waals surface area (Å²) in [5.74, 6) is 1.23. The van der Waals surface area contributed by atoms with Crippen LogP contribution in [0.4, 0.5) is 5.69 Å². The highest BCUT2D eigenvalue weighted by atomic mass is 32.2. The molecule has 0 bridgehead atoms.